The van der Waals surface area contributed by atoms with Crippen LogP contribution in [0.4, 0.5) is 0 Å². The maximum Gasteiger partial charge on any atom is 0.00645 e. The van der Waals surface area contributed by atoms with Crippen molar-refractivity contribution in [3.63, 3.8) is 0 Å². The highest BCUT2D eigenvalue weighted by Gasteiger charge is 2.14. The molecule has 13 heavy (non-hydrogen) atoms. The van der Waals surface area contributed by atoms with Gasteiger partial charge in [0.05, 0.1) is 0 Å². The van der Waals surface area contributed by atoms with Gasteiger partial charge in [-0.2, -0.15) is 0 Å². The fourth-order valence-corrected chi connectivity index (χ4v) is 1.93. The Balaban J connectivity index is 3.65. The van der Waals surface area contributed by atoms with E-state index in [1.54, 1.807) is 0 Å². The Morgan fingerprint density at radius 3 is 2.08 bits per heavy atom. The van der Waals surface area contributed by atoms with Gasteiger partial charge < -0.3 is 5.73 Å². The Bertz CT molecular complexity index is 101. The predicted molar refractivity (Wildman–Crippen MR) is 60.8 cm³/mol. The Kier molecular flexibility index (Phi) is 8.53. The highest BCUT2D eigenvalue weighted by Crippen LogP contribution is 2.19. The molecule has 2 atom stereocenters. The van der Waals surface area contributed by atoms with Gasteiger partial charge in [-0.3, -0.25) is 0 Å². The van der Waals surface area contributed by atoms with Crippen LogP contribution >= 0.6 is 0 Å². The fourth-order valence-electron chi connectivity index (χ4n) is 1.93. The number of nitrogens with two attached hydrogens (primary N) is 1. The molecule has 80 valence electrons. The third-order valence-corrected chi connectivity index (χ3v) is 2.91. The lowest BCUT2D eigenvalue weighted by Crippen LogP contribution is -2.29. The van der Waals surface area contributed by atoms with Crippen molar-refractivity contribution in [1.82, 2.24) is 0 Å². The summed E-state index contributed by atoms with van der Waals surface area (Å²) in [6.07, 6.45) is 9.14. The van der Waals surface area contributed by atoms with Gasteiger partial charge in [-0.1, -0.05) is 46.5 Å². The third-order valence-electron chi connectivity index (χ3n) is 2.91. The molecule has 0 aromatic heterocycles. The molecule has 2 N–H and O–H groups in total. The zero-order valence-electron chi connectivity index (χ0n) is 9.68. The van der Waals surface area contributed by atoms with Crippen molar-refractivity contribution in [2.24, 2.45) is 11.7 Å². The molecular formula is C12H27N. The standard InChI is InChI=1S/C12H27N/c1-4-7-8-10-11(9-5-2)12(13)6-3/h11-12H,4-10,13H2,1-3H3. The van der Waals surface area contributed by atoms with Crippen LogP contribution in [0.5, 0.6) is 0 Å². The summed E-state index contributed by atoms with van der Waals surface area (Å²) in [5.74, 6) is 0.779. The molecule has 0 aromatic carbocycles. The first-order valence-electron chi connectivity index (χ1n) is 6.01. The molecule has 0 saturated carbocycles. The van der Waals surface area contributed by atoms with E-state index in [0.717, 1.165) is 12.3 Å². The van der Waals surface area contributed by atoms with Gasteiger partial charge in [-0.15, -0.1) is 0 Å². The summed E-state index contributed by atoms with van der Waals surface area (Å²) < 4.78 is 0. The van der Waals surface area contributed by atoms with Crippen molar-refractivity contribution in [2.75, 3.05) is 0 Å². The highest BCUT2D eigenvalue weighted by atomic mass is 14.6. The summed E-state index contributed by atoms with van der Waals surface area (Å²) in [6, 6.07) is 0.441. The lowest BCUT2D eigenvalue weighted by Gasteiger charge is -2.22. The average Bonchev–Trinajstić information content (AvgIpc) is 2.16. The van der Waals surface area contributed by atoms with E-state index in [9.17, 15) is 0 Å². The molecule has 0 amide bonds. The highest BCUT2D eigenvalue weighted by molar-refractivity contribution is 4.71. The second-order valence-corrected chi connectivity index (χ2v) is 4.12. The Hall–Kier alpha value is -0.0400. The van der Waals surface area contributed by atoms with Crippen LogP contribution in [0.1, 0.15) is 65.7 Å². The van der Waals surface area contributed by atoms with E-state index in [1.807, 2.05) is 0 Å². The lowest BCUT2D eigenvalue weighted by atomic mass is 9.88. The molecule has 0 rings (SSSR count). The van der Waals surface area contributed by atoms with Crippen LogP contribution in [0.25, 0.3) is 0 Å². The first-order valence-corrected chi connectivity index (χ1v) is 6.01. The molecule has 0 aliphatic rings. The fraction of sp³-hybridized carbons (Fsp3) is 1.00. The number of hydrogen-bond donors (Lipinski definition) is 1. The quantitative estimate of drug-likeness (QED) is 0.573. The van der Waals surface area contributed by atoms with Crippen LogP contribution in [0.2, 0.25) is 0 Å². The van der Waals surface area contributed by atoms with Gasteiger partial charge in [-0.05, 0) is 25.2 Å². The summed E-state index contributed by atoms with van der Waals surface area (Å²) in [6.45, 7) is 6.72. The van der Waals surface area contributed by atoms with Gasteiger partial charge in [0.1, 0.15) is 0 Å². The Morgan fingerprint density at radius 2 is 1.62 bits per heavy atom. The smallest absolute Gasteiger partial charge is 0.00645 e. The Labute approximate surface area is 84.1 Å². The zero-order chi connectivity index (χ0) is 10.1. The molecule has 2 unspecified atom stereocenters. The van der Waals surface area contributed by atoms with Gasteiger partial charge in [0, 0.05) is 6.04 Å². The van der Waals surface area contributed by atoms with E-state index in [-0.39, 0.29) is 0 Å². The molecule has 1 nitrogen and oxygen atoms in total. The molecule has 0 radical (unpaired) electrons. The van der Waals surface area contributed by atoms with Crippen LogP contribution in [-0.4, -0.2) is 6.04 Å². The van der Waals surface area contributed by atoms with E-state index in [4.69, 9.17) is 5.73 Å². The summed E-state index contributed by atoms with van der Waals surface area (Å²) in [5.41, 5.74) is 6.09. The normalized spacial score (nSPS) is 15.7. The molecule has 0 saturated heterocycles. The van der Waals surface area contributed by atoms with Crippen molar-refractivity contribution in [3.8, 4) is 0 Å². The Morgan fingerprint density at radius 1 is 0.923 bits per heavy atom. The van der Waals surface area contributed by atoms with Crippen molar-refractivity contribution in [2.45, 2.75) is 71.8 Å². The largest absolute Gasteiger partial charge is 0.327 e. The van der Waals surface area contributed by atoms with Crippen LogP contribution in [0.15, 0.2) is 0 Å². The van der Waals surface area contributed by atoms with E-state index >= 15 is 0 Å². The monoisotopic (exact) mass is 185 g/mol. The molecule has 0 aliphatic heterocycles. The second-order valence-electron chi connectivity index (χ2n) is 4.12. The van der Waals surface area contributed by atoms with E-state index in [2.05, 4.69) is 20.8 Å². The second kappa shape index (κ2) is 8.55. The molecule has 1 heteroatoms. The van der Waals surface area contributed by atoms with Crippen molar-refractivity contribution in [1.29, 1.82) is 0 Å². The van der Waals surface area contributed by atoms with Crippen molar-refractivity contribution < 1.29 is 0 Å². The van der Waals surface area contributed by atoms with Crippen LogP contribution < -0.4 is 5.73 Å². The van der Waals surface area contributed by atoms with E-state index in [1.165, 1.54) is 38.5 Å². The van der Waals surface area contributed by atoms with Gasteiger partial charge >= 0.3 is 0 Å². The first kappa shape index (κ1) is 13.0. The van der Waals surface area contributed by atoms with Gasteiger partial charge in [0.2, 0.25) is 0 Å². The molecule has 0 spiro atoms. The predicted octanol–water partition coefficient (Wildman–Crippen LogP) is 3.72. The van der Waals surface area contributed by atoms with Gasteiger partial charge in [0.15, 0.2) is 0 Å². The molecule has 0 fully saturated rings. The lowest BCUT2D eigenvalue weighted by molar-refractivity contribution is 0.346. The zero-order valence-corrected chi connectivity index (χ0v) is 9.68. The minimum atomic E-state index is 0.441. The van der Waals surface area contributed by atoms with Crippen molar-refractivity contribution in [3.05, 3.63) is 0 Å². The average molecular weight is 185 g/mol. The van der Waals surface area contributed by atoms with Gasteiger partial charge in [0.25, 0.3) is 0 Å². The van der Waals surface area contributed by atoms with E-state index in [0.29, 0.717) is 6.04 Å². The SMILES string of the molecule is CCCCCC(CCC)C(N)CC. The maximum absolute atomic E-state index is 6.09. The third kappa shape index (κ3) is 6.09. The minimum Gasteiger partial charge on any atom is -0.327 e. The molecule has 0 aromatic rings. The summed E-state index contributed by atoms with van der Waals surface area (Å²) >= 11 is 0. The van der Waals surface area contributed by atoms with E-state index < -0.39 is 0 Å². The summed E-state index contributed by atoms with van der Waals surface area (Å²) in [7, 11) is 0. The van der Waals surface area contributed by atoms with Crippen LogP contribution in [0, 0.1) is 5.92 Å². The first-order chi connectivity index (χ1) is 6.26. The molecular weight excluding hydrogens is 158 g/mol. The number of rotatable bonds is 8. The number of unbranched alkanes of at least 4 members (excludes halogenated alkanes) is 2. The maximum atomic E-state index is 6.09. The topological polar surface area (TPSA) is 26.0 Å². The van der Waals surface area contributed by atoms with Crippen LogP contribution in [-0.2, 0) is 0 Å². The van der Waals surface area contributed by atoms with Crippen molar-refractivity contribution >= 4 is 0 Å². The molecule has 0 bridgehead atoms. The molecule has 0 aliphatic carbocycles. The molecule has 0 heterocycles. The van der Waals surface area contributed by atoms with Crippen LogP contribution in [0.3, 0.4) is 0 Å². The van der Waals surface area contributed by atoms with Gasteiger partial charge in [-0.25, -0.2) is 0 Å². The summed E-state index contributed by atoms with van der Waals surface area (Å²) in [4.78, 5) is 0. The number of hydrogen-bond acceptors (Lipinski definition) is 1. The summed E-state index contributed by atoms with van der Waals surface area (Å²) in [5, 5.41) is 0. The minimum absolute atomic E-state index is 0.441.